The van der Waals surface area contributed by atoms with Crippen LogP contribution in [-0.2, 0) is 6.42 Å². The zero-order chi connectivity index (χ0) is 19.3. The third kappa shape index (κ3) is 2.75. The highest BCUT2D eigenvalue weighted by Gasteiger charge is 2.40. The van der Waals surface area contributed by atoms with E-state index in [0.29, 0.717) is 12.1 Å². The molecule has 1 saturated carbocycles. The van der Waals surface area contributed by atoms with Crippen molar-refractivity contribution < 1.29 is 4.79 Å². The minimum Gasteiger partial charge on any atom is -0.361 e. The maximum Gasteiger partial charge on any atom is 0.317 e. The number of aromatic nitrogens is 1. The van der Waals surface area contributed by atoms with Gasteiger partial charge in [0.05, 0.1) is 6.04 Å². The van der Waals surface area contributed by atoms with Gasteiger partial charge in [-0.2, -0.15) is 0 Å². The van der Waals surface area contributed by atoms with Crippen LogP contribution in [0.25, 0.3) is 16.5 Å². The number of nitrogens with zero attached hydrogens (tertiary/aromatic N) is 2. The van der Waals surface area contributed by atoms with Crippen molar-refractivity contribution in [1.82, 2.24) is 20.1 Å². The number of carbonyl (C=O) groups excluding carboxylic acids is 1. The number of urea groups is 1. The molecule has 2 heterocycles. The molecule has 1 aliphatic heterocycles. The molecule has 2 amide bonds. The summed E-state index contributed by atoms with van der Waals surface area (Å²) < 4.78 is 0. The molecule has 0 radical (unpaired) electrons. The smallest absolute Gasteiger partial charge is 0.317 e. The van der Waals surface area contributed by atoms with Crippen molar-refractivity contribution in [2.75, 3.05) is 19.6 Å². The lowest BCUT2D eigenvalue weighted by molar-refractivity contribution is 0.0895. The molecule has 1 aromatic carbocycles. The Balaban J connectivity index is 1.52. The quantitative estimate of drug-likeness (QED) is 0.851. The fourth-order valence-corrected chi connectivity index (χ4v) is 5.25. The van der Waals surface area contributed by atoms with Gasteiger partial charge in [-0.15, -0.1) is 0 Å². The third-order valence-corrected chi connectivity index (χ3v) is 6.96. The van der Waals surface area contributed by atoms with Crippen LogP contribution in [0.2, 0.25) is 0 Å². The number of rotatable bonds is 4. The summed E-state index contributed by atoms with van der Waals surface area (Å²) >= 11 is 0. The second-order valence-corrected chi connectivity index (χ2v) is 8.39. The molecule has 148 valence electrons. The molecule has 1 aromatic heterocycles. The van der Waals surface area contributed by atoms with Crippen LogP contribution in [0.15, 0.2) is 30.5 Å². The van der Waals surface area contributed by atoms with Crippen molar-refractivity contribution in [2.24, 2.45) is 0 Å². The second-order valence-electron chi connectivity index (χ2n) is 8.39. The zero-order valence-corrected chi connectivity index (χ0v) is 16.9. The molecule has 0 saturated heterocycles. The number of fused-ring (bicyclic) bond motifs is 2. The second kappa shape index (κ2) is 6.96. The molecular formula is C23H30N4O. The third-order valence-electron chi connectivity index (χ3n) is 6.96. The molecule has 2 atom stereocenters. The summed E-state index contributed by atoms with van der Waals surface area (Å²) in [5.41, 5.74) is 5.40. The van der Waals surface area contributed by atoms with Crippen molar-refractivity contribution in [1.29, 1.82) is 0 Å². The molecule has 5 nitrogen and oxygen atoms in total. The van der Waals surface area contributed by atoms with Crippen LogP contribution in [0.4, 0.5) is 4.79 Å². The number of carbonyl (C=O) groups is 1. The van der Waals surface area contributed by atoms with Gasteiger partial charge >= 0.3 is 6.03 Å². The van der Waals surface area contributed by atoms with Gasteiger partial charge in [0.1, 0.15) is 0 Å². The van der Waals surface area contributed by atoms with Gasteiger partial charge < -0.3 is 15.2 Å². The van der Waals surface area contributed by atoms with Crippen molar-refractivity contribution in [3.05, 3.63) is 41.6 Å². The monoisotopic (exact) mass is 378 g/mol. The Morgan fingerprint density at radius 3 is 2.82 bits per heavy atom. The number of aromatic amines is 1. The van der Waals surface area contributed by atoms with Gasteiger partial charge in [0, 0.05) is 48.8 Å². The maximum absolute atomic E-state index is 12.7. The van der Waals surface area contributed by atoms with E-state index in [-0.39, 0.29) is 12.1 Å². The number of benzene rings is 1. The fraction of sp³-hybridized carbons (Fsp3) is 0.522. The first-order valence-corrected chi connectivity index (χ1v) is 10.8. The van der Waals surface area contributed by atoms with E-state index >= 15 is 0 Å². The molecule has 5 heteroatoms. The number of nitrogens with one attached hydrogen (secondary N) is 2. The maximum atomic E-state index is 12.7. The molecule has 3 aliphatic rings. The highest BCUT2D eigenvalue weighted by atomic mass is 16.2. The molecule has 0 unspecified atom stereocenters. The molecule has 2 aromatic rings. The Morgan fingerprint density at radius 2 is 2.11 bits per heavy atom. The Morgan fingerprint density at radius 1 is 1.29 bits per heavy atom. The molecule has 0 spiro atoms. The summed E-state index contributed by atoms with van der Waals surface area (Å²) in [6.07, 6.45) is 9.49. The summed E-state index contributed by atoms with van der Waals surface area (Å²) in [7, 11) is 0. The van der Waals surface area contributed by atoms with Gasteiger partial charge in [0.25, 0.3) is 0 Å². The summed E-state index contributed by atoms with van der Waals surface area (Å²) in [6, 6.07) is 7.76. The minimum absolute atomic E-state index is 0.0511. The molecule has 2 aliphatic carbocycles. The number of amides is 2. The lowest BCUT2D eigenvalue weighted by atomic mass is 9.78. The van der Waals surface area contributed by atoms with Crippen LogP contribution in [-0.4, -0.2) is 58.6 Å². The lowest BCUT2D eigenvalue weighted by Gasteiger charge is -2.48. The van der Waals surface area contributed by atoms with E-state index in [2.05, 4.69) is 45.7 Å². The molecule has 0 bridgehead atoms. The molecule has 5 rings (SSSR count). The SMILES string of the molecule is CCN(CC)C(=O)N[C@H]1C=C2c3cccc4[nH]cc(c34)C[C@H]2N(C2CCC2)C1. The van der Waals surface area contributed by atoms with Crippen molar-refractivity contribution in [2.45, 2.75) is 57.7 Å². The molecule has 1 fully saturated rings. The van der Waals surface area contributed by atoms with E-state index < -0.39 is 0 Å². The largest absolute Gasteiger partial charge is 0.361 e. The number of H-pyrrole nitrogens is 1. The average molecular weight is 379 g/mol. The average Bonchev–Trinajstić information content (AvgIpc) is 3.07. The van der Waals surface area contributed by atoms with E-state index in [1.54, 1.807) is 0 Å². The summed E-state index contributed by atoms with van der Waals surface area (Å²) in [4.78, 5) is 20.7. The van der Waals surface area contributed by atoms with Gasteiger partial charge in [-0.3, -0.25) is 4.90 Å². The van der Waals surface area contributed by atoms with Crippen LogP contribution < -0.4 is 5.32 Å². The Labute approximate surface area is 166 Å². The van der Waals surface area contributed by atoms with Gasteiger partial charge in [-0.25, -0.2) is 4.79 Å². The standard InChI is InChI=1S/C23H30N4O/c1-3-26(4-2)23(28)25-16-12-19-18-9-6-10-20-22(18)15(13-24-20)11-21(19)27(14-16)17-7-5-8-17/h6,9-10,12-13,16-17,21,24H,3-5,7-8,11,14H2,1-2H3,(H,25,28)/t16-,21+/m0/s1. The highest BCUT2D eigenvalue weighted by molar-refractivity contribution is 5.98. The summed E-state index contributed by atoms with van der Waals surface area (Å²) in [5.74, 6) is 0. The van der Waals surface area contributed by atoms with Gasteiger partial charge in [-0.05, 0) is 55.9 Å². The van der Waals surface area contributed by atoms with Crippen molar-refractivity contribution in [3.63, 3.8) is 0 Å². The fourth-order valence-electron chi connectivity index (χ4n) is 5.25. The first-order chi connectivity index (χ1) is 13.7. The number of hydrogen-bond donors (Lipinski definition) is 2. The van der Waals surface area contributed by atoms with Crippen LogP contribution in [0.5, 0.6) is 0 Å². The lowest BCUT2D eigenvalue weighted by Crippen LogP contribution is -2.58. The summed E-state index contributed by atoms with van der Waals surface area (Å²) in [6.45, 7) is 6.48. The van der Waals surface area contributed by atoms with Gasteiger partial charge in [0.2, 0.25) is 0 Å². The van der Waals surface area contributed by atoms with E-state index in [1.807, 2.05) is 18.7 Å². The first kappa shape index (κ1) is 17.8. The van der Waals surface area contributed by atoms with Crippen molar-refractivity contribution >= 4 is 22.5 Å². The van der Waals surface area contributed by atoms with Crippen molar-refractivity contribution in [3.8, 4) is 0 Å². The Bertz CT molecular complexity index is 922. The summed E-state index contributed by atoms with van der Waals surface area (Å²) in [5, 5.41) is 4.67. The first-order valence-electron chi connectivity index (χ1n) is 10.8. The van der Waals surface area contributed by atoms with Crippen LogP contribution in [0.3, 0.4) is 0 Å². The zero-order valence-electron chi connectivity index (χ0n) is 16.9. The van der Waals surface area contributed by atoms with Crippen LogP contribution in [0, 0.1) is 0 Å². The minimum atomic E-state index is 0.0511. The van der Waals surface area contributed by atoms with E-state index in [4.69, 9.17) is 0 Å². The van der Waals surface area contributed by atoms with E-state index in [1.165, 1.54) is 46.9 Å². The Kier molecular flexibility index (Phi) is 4.43. The van der Waals surface area contributed by atoms with Crippen LogP contribution in [0.1, 0.15) is 44.2 Å². The molecule has 28 heavy (non-hydrogen) atoms. The molecular weight excluding hydrogens is 348 g/mol. The predicted octanol–water partition coefficient (Wildman–Crippen LogP) is 3.76. The normalized spacial score (nSPS) is 24.4. The van der Waals surface area contributed by atoms with Crippen LogP contribution >= 0.6 is 0 Å². The van der Waals surface area contributed by atoms with Gasteiger partial charge in [-0.1, -0.05) is 24.6 Å². The Hall–Kier alpha value is -2.27. The molecule has 2 N–H and O–H groups in total. The number of hydrogen-bond acceptors (Lipinski definition) is 2. The highest BCUT2D eigenvalue weighted by Crippen LogP contribution is 2.42. The predicted molar refractivity (Wildman–Crippen MR) is 113 cm³/mol. The van der Waals surface area contributed by atoms with Gasteiger partial charge in [0.15, 0.2) is 0 Å². The van der Waals surface area contributed by atoms with E-state index in [0.717, 1.165) is 26.1 Å². The topological polar surface area (TPSA) is 51.4 Å². The van der Waals surface area contributed by atoms with E-state index in [9.17, 15) is 4.79 Å².